The summed E-state index contributed by atoms with van der Waals surface area (Å²) < 4.78 is 6.92. The lowest BCUT2D eigenvalue weighted by Gasteiger charge is -2.07. The van der Waals surface area contributed by atoms with E-state index in [0.29, 0.717) is 17.1 Å². The maximum Gasteiger partial charge on any atom is 0.433 e. The molecule has 0 spiro atoms. The van der Waals surface area contributed by atoms with E-state index in [2.05, 4.69) is 10.5 Å². The number of hydrogen-bond acceptors (Lipinski definition) is 5. The van der Waals surface area contributed by atoms with Gasteiger partial charge in [-0.2, -0.15) is 5.10 Å². The lowest BCUT2D eigenvalue weighted by Crippen LogP contribution is -2.17. The van der Waals surface area contributed by atoms with Crippen LogP contribution in [0.4, 0.5) is 5.88 Å². The molecule has 1 amide bonds. The van der Waals surface area contributed by atoms with Gasteiger partial charge in [0.25, 0.3) is 5.91 Å². The van der Waals surface area contributed by atoms with Crippen molar-refractivity contribution in [3.8, 4) is 0 Å². The molecule has 9 heteroatoms. The zero-order valence-electron chi connectivity index (χ0n) is 15.5. The molecule has 0 unspecified atom stereocenters. The fraction of sp³-hybridized carbons (Fsp3) is 0.0476. The van der Waals surface area contributed by atoms with Gasteiger partial charge >= 0.3 is 5.88 Å². The fourth-order valence-corrected chi connectivity index (χ4v) is 3.29. The van der Waals surface area contributed by atoms with Gasteiger partial charge in [0.15, 0.2) is 5.76 Å². The van der Waals surface area contributed by atoms with E-state index in [1.165, 1.54) is 18.3 Å². The Bertz CT molecular complexity index is 1280. The predicted molar refractivity (Wildman–Crippen MR) is 113 cm³/mol. The summed E-state index contributed by atoms with van der Waals surface area (Å²) in [5.74, 6) is -0.657. The molecule has 0 aliphatic rings. The second-order valence-electron chi connectivity index (χ2n) is 6.41. The van der Waals surface area contributed by atoms with E-state index < -0.39 is 16.7 Å². The van der Waals surface area contributed by atoms with Crippen molar-refractivity contribution in [3.05, 3.63) is 98.9 Å². The topological polar surface area (TPSA) is 103 Å². The van der Waals surface area contributed by atoms with E-state index in [9.17, 15) is 14.9 Å². The van der Waals surface area contributed by atoms with Gasteiger partial charge in [-0.05, 0) is 23.8 Å². The molecule has 2 heterocycles. The first-order valence-electron chi connectivity index (χ1n) is 8.92. The van der Waals surface area contributed by atoms with Crippen molar-refractivity contribution in [2.45, 2.75) is 6.54 Å². The van der Waals surface area contributed by atoms with Crippen LogP contribution in [0.5, 0.6) is 0 Å². The van der Waals surface area contributed by atoms with E-state index in [1.54, 1.807) is 6.20 Å². The number of benzene rings is 2. The number of nitro groups is 1. The summed E-state index contributed by atoms with van der Waals surface area (Å²) in [4.78, 5) is 22.7. The largest absolute Gasteiger partial charge is 0.433 e. The molecule has 2 aromatic heterocycles. The van der Waals surface area contributed by atoms with Gasteiger partial charge in [0.1, 0.15) is 4.92 Å². The number of rotatable bonds is 6. The van der Waals surface area contributed by atoms with E-state index in [4.69, 9.17) is 16.0 Å². The van der Waals surface area contributed by atoms with Gasteiger partial charge in [-0.15, -0.1) is 0 Å². The number of hydrazone groups is 1. The van der Waals surface area contributed by atoms with Crippen LogP contribution in [0.3, 0.4) is 0 Å². The summed E-state index contributed by atoms with van der Waals surface area (Å²) in [5, 5.41) is 15.9. The smallest absolute Gasteiger partial charge is 0.400 e. The van der Waals surface area contributed by atoms with Crippen LogP contribution in [0, 0.1) is 10.1 Å². The summed E-state index contributed by atoms with van der Waals surface area (Å²) >= 11 is 6.28. The van der Waals surface area contributed by atoms with Crippen molar-refractivity contribution >= 4 is 40.5 Å². The summed E-state index contributed by atoms with van der Waals surface area (Å²) in [6.07, 6.45) is 2.95. The number of aromatic nitrogens is 1. The van der Waals surface area contributed by atoms with Crippen LogP contribution >= 0.6 is 11.6 Å². The third kappa shape index (κ3) is 3.94. The minimum atomic E-state index is -0.649. The maximum atomic E-state index is 12.7. The van der Waals surface area contributed by atoms with Crippen LogP contribution in [0.25, 0.3) is 10.9 Å². The molecule has 8 nitrogen and oxygen atoms in total. The molecular weight excluding hydrogens is 408 g/mol. The summed E-state index contributed by atoms with van der Waals surface area (Å²) in [7, 11) is 0. The van der Waals surface area contributed by atoms with Gasteiger partial charge in [-0.25, -0.2) is 5.43 Å². The summed E-state index contributed by atoms with van der Waals surface area (Å²) in [6, 6.07) is 17.7. The van der Waals surface area contributed by atoms with Crippen molar-refractivity contribution in [3.63, 3.8) is 0 Å². The molecule has 0 fully saturated rings. The first-order valence-corrected chi connectivity index (χ1v) is 9.29. The normalized spacial score (nSPS) is 11.2. The Labute approximate surface area is 175 Å². The Morgan fingerprint density at radius 2 is 1.93 bits per heavy atom. The van der Waals surface area contributed by atoms with Gasteiger partial charge in [0.2, 0.25) is 0 Å². The van der Waals surface area contributed by atoms with Crippen LogP contribution in [0.15, 0.2) is 76.4 Å². The predicted octanol–water partition coefficient (Wildman–Crippen LogP) is 4.61. The van der Waals surface area contributed by atoms with E-state index in [-0.39, 0.29) is 5.76 Å². The molecule has 150 valence electrons. The number of para-hydroxylation sites is 1. The van der Waals surface area contributed by atoms with Gasteiger partial charge in [0, 0.05) is 28.7 Å². The molecule has 4 aromatic rings. The number of fused-ring (bicyclic) bond motifs is 1. The zero-order chi connectivity index (χ0) is 21.1. The second kappa shape index (κ2) is 8.22. The lowest BCUT2D eigenvalue weighted by atomic mass is 10.2. The van der Waals surface area contributed by atoms with Crippen LogP contribution in [0.1, 0.15) is 21.7 Å². The van der Waals surface area contributed by atoms with Gasteiger partial charge < -0.3 is 8.98 Å². The summed E-state index contributed by atoms with van der Waals surface area (Å²) in [5.41, 5.74) is 4.69. The highest BCUT2D eigenvalue weighted by atomic mass is 35.5. The van der Waals surface area contributed by atoms with Crippen LogP contribution in [-0.2, 0) is 6.54 Å². The molecular formula is C21H15ClN4O4. The molecule has 1 N–H and O–H groups in total. The first kappa shape index (κ1) is 19.4. The molecule has 30 heavy (non-hydrogen) atoms. The minimum absolute atomic E-state index is 0.156. The molecule has 0 bridgehead atoms. The standard InChI is InChI=1S/C21H15ClN4O4/c22-18-7-3-1-5-14(18)12-25-13-17(16-6-2-4-8-19(16)25)21(27)24-23-11-15-9-10-20(30-15)26(28)29/h1-11,13H,12H2,(H,24,27)/b23-11-. The third-order valence-corrected chi connectivity index (χ3v) is 4.85. The lowest BCUT2D eigenvalue weighted by molar-refractivity contribution is -0.402. The minimum Gasteiger partial charge on any atom is -0.400 e. The van der Waals surface area contributed by atoms with Crippen molar-refractivity contribution in [2.75, 3.05) is 0 Å². The van der Waals surface area contributed by atoms with E-state index >= 15 is 0 Å². The first-order chi connectivity index (χ1) is 14.5. The Morgan fingerprint density at radius 3 is 2.70 bits per heavy atom. The third-order valence-electron chi connectivity index (χ3n) is 4.48. The highest BCUT2D eigenvalue weighted by Gasteiger charge is 2.15. The van der Waals surface area contributed by atoms with E-state index in [0.717, 1.165) is 16.5 Å². The Hall–Kier alpha value is -3.91. The number of hydrogen-bond donors (Lipinski definition) is 1. The average molecular weight is 423 g/mol. The average Bonchev–Trinajstić information content (AvgIpc) is 3.35. The summed E-state index contributed by atoms with van der Waals surface area (Å²) in [6.45, 7) is 0.507. The molecule has 0 aliphatic heterocycles. The van der Waals surface area contributed by atoms with Crippen molar-refractivity contribution in [1.82, 2.24) is 9.99 Å². The van der Waals surface area contributed by atoms with Crippen LogP contribution < -0.4 is 5.43 Å². The van der Waals surface area contributed by atoms with Crippen LogP contribution in [0.2, 0.25) is 5.02 Å². The number of amides is 1. The Kier molecular flexibility index (Phi) is 5.32. The van der Waals surface area contributed by atoms with Gasteiger partial charge in [-0.3, -0.25) is 14.9 Å². The SMILES string of the molecule is O=C(N/N=C\c1ccc([N+](=O)[O-])o1)c1cn(Cc2ccccc2Cl)c2ccccc12. The van der Waals surface area contributed by atoms with Crippen molar-refractivity contribution < 1.29 is 14.1 Å². The molecule has 0 atom stereocenters. The quantitative estimate of drug-likeness (QED) is 0.278. The number of carbonyl (C=O) groups is 1. The van der Waals surface area contributed by atoms with E-state index in [1.807, 2.05) is 53.1 Å². The highest BCUT2D eigenvalue weighted by molar-refractivity contribution is 6.31. The zero-order valence-corrected chi connectivity index (χ0v) is 16.2. The molecule has 0 saturated heterocycles. The van der Waals surface area contributed by atoms with Crippen molar-refractivity contribution in [2.24, 2.45) is 5.10 Å². The number of nitrogens with zero attached hydrogens (tertiary/aromatic N) is 3. The number of furan rings is 1. The number of carbonyl (C=O) groups excluding carboxylic acids is 1. The molecule has 4 rings (SSSR count). The number of nitrogens with one attached hydrogen (secondary N) is 1. The Morgan fingerprint density at radius 1 is 1.17 bits per heavy atom. The fourth-order valence-electron chi connectivity index (χ4n) is 3.09. The molecule has 0 saturated carbocycles. The van der Waals surface area contributed by atoms with Gasteiger partial charge in [-0.1, -0.05) is 48.0 Å². The second-order valence-corrected chi connectivity index (χ2v) is 6.82. The monoisotopic (exact) mass is 422 g/mol. The molecule has 0 radical (unpaired) electrons. The molecule has 0 aliphatic carbocycles. The van der Waals surface area contributed by atoms with Gasteiger partial charge in [0.05, 0.1) is 17.8 Å². The Balaban J connectivity index is 1.57. The number of halogens is 1. The highest BCUT2D eigenvalue weighted by Crippen LogP contribution is 2.24. The maximum absolute atomic E-state index is 12.7. The van der Waals surface area contributed by atoms with Crippen LogP contribution in [-0.4, -0.2) is 21.6 Å². The molecule has 2 aromatic carbocycles. The van der Waals surface area contributed by atoms with Crippen molar-refractivity contribution in [1.29, 1.82) is 0 Å².